The Hall–Kier alpha value is -3.35. The van der Waals surface area contributed by atoms with Crippen LogP contribution in [0.3, 0.4) is 0 Å². The number of rotatable bonds is 4. The highest BCUT2D eigenvalue weighted by Crippen LogP contribution is 2.18. The summed E-state index contributed by atoms with van der Waals surface area (Å²) < 4.78 is 0. The highest BCUT2D eigenvalue weighted by atomic mass is 16.1. The Labute approximate surface area is 127 Å². The first kappa shape index (κ1) is 15.0. The molecule has 0 aliphatic heterocycles. The summed E-state index contributed by atoms with van der Waals surface area (Å²) in [5.41, 5.74) is 17.9. The second-order valence-corrected chi connectivity index (χ2v) is 4.50. The molecule has 0 saturated heterocycles. The molecule has 0 unspecified atom stereocenters. The number of anilines is 1. The number of para-hydroxylation sites is 1. The third-order valence-electron chi connectivity index (χ3n) is 2.83. The van der Waals surface area contributed by atoms with Crippen LogP contribution in [0, 0.1) is 5.41 Å². The van der Waals surface area contributed by atoms with Crippen LogP contribution in [0.5, 0.6) is 0 Å². The number of hydrogen-bond acceptors (Lipinski definition) is 3. The molecule has 0 aromatic heterocycles. The molecule has 2 aromatic carbocycles. The second-order valence-electron chi connectivity index (χ2n) is 4.50. The number of nitrogens with zero attached hydrogens (tertiary/aromatic N) is 1. The fourth-order valence-corrected chi connectivity index (χ4v) is 1.89. The molecular formula is C15H16N6O. The van der Waals surface area contributed by atoms with E-state index in [0.717, 1.165) is 0 Å². The van der Waals surface area contributed by atoms with Gasteiger partial charge in [0.1, 0.15) is 5.84 Å². The zero-order valence-corrected chi connectivity index (χ0v) is 11.7. The summed E-state index contributed by atoms with van der Waals surface area (Å²) in [6.45, 7) is 0. The zero-order chi connectivity index (χ0) is 16.1. The summed E-state index contributed by atoms with van der Waals surface area (Å²) in [5.74, 6) is -0.550. The Morgan fingerprint density at radius 2 is 1.77 bits per heavy atom. The van der Waals surface area contributed by atoms with E-state index in [9.17, 15) is 4.79 Å². The number of nitrogens with one attached hydrogen (secondary N) is 2. The Kier molecular flexibility index (Phi) is 4.38. The van der Waals surface area contributed by atoms with Gasteiger partial charge in [0.25, 0.3) is 5.91 Å². The van der Waals surface area contributed by atoms with Crippen molar-refractivity contribution in [2.75, 3.05) is 5.32 Å². The van der Waals surface area contributed by atoms with Crippen molar-refractivity contribution >= 4 is 29.1 Å². The maximum absolute atomic E-state index is 12.3. The van der Waals surface area contributed by atoms with Crippen LogP contribution in [0.15, 0.2) is 53.5 Å². The van der Waals surface area contributed by atoms with Gasteiger partial charge in [-0.3, -0.25) is 10.2 Å². The maximum atomic E-state index is 12.3. The lowest BCUT2D eigenvalue weighted by atomic mass is 10.1. The summed E-state index contributed by atoms with van der Waals surface area (Å²) in [6, 6.07) is 13.4. The molecule has 2 rings (SSSR count). The molecular weight excluding hydrogens is 280 g/mol. The lowest BCUT2D eigenvalue weighted by Crippen LogP contribution is -2.22. The van der Waals surface area contributed by atoms with Crippen LogP contribution in [0.1, 0.15) is 15.9 Å². The minimum atomic E-state index is -0.346. The predicted molar refractivity (Wildman–Crippen MR) is 87.3 cm³/mol. The number of carbonyl (C=O) groups excluding carboxylic acids is 1. The molecule has 0 aliphatic carbocycles. The first-order valence-electron chi connectivity index (χ1n) is 6.42. The number of aliphatic imine (C=N–C) groups is 1. The number of benzene rings is 2. The van der Waals surface area contributed by atoms with Crippen LogP contribution in [0.4, 0.5) is 11.4 Å². The summed E-state index contributed by atoms with van der Waals surface area (Å²) >= 11 is 0. The lowest BCUT2D eigenvalue weighted by Gasteiger charge is -2.10. The number of nitrogens with two attached hydrogens (primary N) is 3. The van der Waals surface area contributed by atoms with Crippen molar-refractivity contribution in [2.45, 2.75) is 0 Å². The van der Waals surface area contributed by atoms with E-state index in [2.05, 4.69) is 10.3 Å². The average molecular weight is 296 g/mol. The topological polar surface area (TPSA) is 143 Å². The smallest absolute Gasteiger partial charge is 0.255 e. The van der Waals surface area contributed by atoms with Gasteiger partial charge in [-0.05, 0) is 30.3 Å². The molecule has 0 spiro atoms. The van der Waals surface area contributed by atoms with Gasteiger partial charge in [0.05, 0.1) is 11.4 Å². The van der Waals surface area contributed by atoms with Crippen molar-refractivity contribution in [3.05, 3.63) is 59.7 Å². The second kappa shape index (κ2) is 6.40. The monoisotopic (exact) mass is 296 g/mol. The molecule has 0 aliphatic rings. The van der Waals surface area contributed by atoms with Gasteiger partial charge in [0.15, 0.2) is 5.96 Å². The summed E-state index contributed by atoms with van der Waals surface area (Å²) in [6.07, 6.45) is 0. The zero-order valence-electron chi connectivity index (χ0n) is 11.7. The van der Waals surface area contributed by atoms with Crippen molar-refractivity contribution in [2.24, 2.45) is 22.2 Å². The van der Waals surface area contributed by atoms with Gasteiger partial charge >= 0.3 is 0 Å². The maximum Gasteiger partial charge on any atom is 0.255 e. The average Bonchev–Trinajstić information content (AvgIpc) is 2.47. The van der Waals surface area contributed by atoms with Gasteiger partial charge in [-0.2, -0.15) is 0 Å². The van der Waals surface area contributed by atoms with Gasteiger partial charge in [0.2, 0.25) is 0 Å². The minimum absolute atomic E-state index is 0.0838. The lowest BCUT2D eigenvalue weighted by molar-refractivity contribution is 0.102. The van der Waals surface area contributed by atoms with Crippen molar-refractivity contribution in [3.8, 4) is 0 Å². The molecule has 0 atom stereocenters. The summed E-state index contributed by atoms with van der Waals surface area (Å²) in [7, 11) is 0. The number of nitrogen functional groups attached to an aromatic ring is 1. The predicted octanol–water partition coefficient (Wildman–Crippen LogP) is 1.13. The van der Waals surface area contributed by atoms with Crippen molar-refractivity contribution < 1.29 is 4.79 Å². The molecule has 7 heteroatoms. The van der Waals surface area contributed by atoms with Crippen LogP contribution in [0.2, 0.25) is 0 Å². The third-order valence-corrected chi connectivity index (χ3v) is 2.83. The number of hydrogen-bond donors (Lipinski definition) is 5. The first-order valence-corrected chi connectivity index (χ1v) is 6.42. The fourth-order valence-electron chi connectivity index (χ4n) is 1.89. The van der Waals surface area contributed by atoms with E-state index in [0.29, 0.717) is 22.5 Å². The Morgan fingerprint density at radius 1 is 1.05 bits per heavy atom. The van der Waals surface area contributed by atoms with E-state index in [1.165, 1.54) is 0 Å². The molecule has 2 aromatic rings. The highest BCUT2D eigenvalue weighted by molar-refractivity contribution is 6.09. The van der Waals surface area contributed by atoms with Crippen LogP contribution in [-0.4, -0.2) is 17.7 Å². The van der Waals surface area contributed by atoms with Gasteiger partial charge in [-0.25, -0.2) is 4.99 Å². The fraction of sp³-hybridized carbons (Fsp3) is 0. The molecule has 7 nitrogen and oxygen atoms in total. The first-order chi connectivity index (χ1) is 10.5. The number of guanidine groups is 1. The molecule has 0 bridgehead atoms. The molecule has 0 radical (unpaired) electrons. The van der Waals surface area contributed by atoms with E-state index >= 15 is 0 Å². The Morgan fingerprint density at radius 3 is 2.45 bits per heavy atom. The molecule has 112 valence electrons. The minimum Gasteiger partial charge on any atom is -0.384 e. The van der Waals surface area contributed by atoms with Crippen LogP contribution in [-0.2, 0) is 0 Å². The van der Waals surface area contributed by atoms with Crippen LogP contribution >= 0.6 is 0 Å². The van der Waals surface area contributed by atoms with Crippen molar-refractivity contribution in [3.63, 3.8) is 0 Å². The normalized spacial score (nSPS) is 9.82. The quantitative estimate of drug-likeness (QED) is 0.425. The Bertz CT molecular complexity index is 749. The molecule has 0 fully saturated rings. The van der Waals surface area contributed by atoms with Crippen molar-refractivity contribution in [1.29, 1.82) is 5.41 Å². The molecule has 0 saturated carbocycles. The number of carbonyl (C=O) groups is 1. The number of amides is 1. The van der Waals surface area contributed by atoms with E-state index in [1.807, 2.05) is 0 Å². The van der Waals surface area contributed by atoms with Crippen molar-refractivity contribution in [1.82, 2.24) is 0 Å². The summed E-state index contributed by atoms with van der Waals surface area (Å²) in [4.78, 5) is 16.2. The van der Waals surface area contributed by atoms with E-state index in [4.69, 9.17) is 22.6 Å². The van der Waals surface area contributed by atoms with E-state index in [1.54, 1.807) is 48.5 Å². The van der Waals surface area contributed by atoms with Crippen LogP contribution in [0.25, 0.3) is 0 Å². The van der Waals surface area contributed by atoms with Gasteiger partial charge in [-0.1, -0.05) is 18.2 Å². The van der Waals surface area contributed by atoms with E-state index in [-0.39, 0.29) is 17.7 Å². The third kappa shape index (κ3) is 3.60. The number of amidine groups is 1. The highest BCUT2D eigenvalue weighted by Gasteiger charge is 2.10. The van der Waals surface area contributed by atoms with Gasteiger partial charge < -0.3 is 22.5 Å². The Balaban J connectivity index is 2.27. The molecule has 1 amide bonds. The molecule has 22 heavy (non-hydrogen) atoms. The molecule has 8 N–H and O–H groups in total. The largest absolute Gasteiger partial charge is 0.384 e. The standard InChI is InChI=1S/C15H16N6O/c16-13(17)11-6-1-2-7-12(11)21-14(22)9-4-3-5-10(8-9)20-15(18)19/h1-8H,(H3,16,17)(H,21,22)(H4,18,19,20). The summed E-state index contributed by atoms with van der Waals surface area (Å²) in [5, 5.41) is 10.2. The van der Waals surface area contributed by atoms with Gasteiger partial charge in [-0.15, -0.1) is 0 Å². The molecule has 0 heterocycles. The van der Waals surface area contributed by atoms with Gasteiger partial charge in [0, 0.05) is 11.1 Å². The van der Waals surface area contributed by atoms with E-state index < -0.39 is 0 Å². The SMILES string of the molecule is N=C(N)c1ccccc1NC(=O)c1cccc(N=C(N)N)c1. The van der Waals surface area contributed by atoms with Crippen LogP contribution < -0.4 is 22.5 Å².